The minimum Gasteiger partial charge on any atom is -0.493 e. The van der Waals surface area contributed by atoms with E-state index in [4.69, 9.17) is 14.2 Å². The van der Waals surface area contributed by atoms with Crippen LogP contribution in [-0.4, -0.2) is 76.1 Å². The Balaban J connectivity index is 1.48. The molecule has 2 amide bonds. The number of rotatable bonds is 8. The molecule has 0 aromatic heterocycles. The van der Waals surface area contributed by atoms with E-state index in [1.165, 1.54) is 11.8 Å². The fourth-order valence-electron chi connectivity index (χ4n) is 4.14. The van der Waals surface area contributed by atoms with Gasteiger partial charge in [-0.05, 0) is 29.8 Å². The maximum absolute atomic E-state index is 12.9. The number of carbonyl (C=O) groups excluding carboxylic acids is 2. The van der Waals surface area contributed by atoms with Crippen molar-refractivity contribution in [3.63, 3.8) is 0 Å². The van der Waals surface area contributed by atoms with Crippen LogP contribution >= 0.6 is 11.8 Å². The van der Waals surface area contributed by atoms with E-state index in [-0.39, 0.29) is 24.4 Å². The summed E-state index contributed by atoms with van der Waals surface area (Å²) >= 11 is 1.50. The Hall–Kier alpha value is -2.75. The molecule has 1 unspecified atom stereocenters. The summed E-state index contributed by atoms with van der Waals surface area (Å²) in [6.45, 7) is 3.24. The van der Waals surface area contributed by atoms with Gasteiger partial charge in [-0.3, -0.25) is 14.5 Å². The first-order valence-electron chi connectivity index (χ1n) is 10.9. The van der Waals surface area contributed by atoms with E-state index in [0.717, 1.165) is 29.2 Å². The van der Waals surface area contributed by atoms with Crippen LogP contribution in [0.5, 0.6) is 11.5 Å². The van der Waals surface area contributed by atoms with Crippen molar-refractivity contribution >= 4 is 29.3 Å². The predicted molar refractivity (Wildman–Crippen MR) is 127 cm³/mol. The highest BCUT2D eigenvalue weighted by molar-refractivity contribution is 8.00. The number of hydrogen-bond acceptors (Lipinski definition) is 7. The van der Waals surface area contributed by atoms with Gasteiger partial charge in [0.05, 0.1) is 44.9 Å². The Labute approximate surface area is 198 Å². The molecule has 0 aliphatic carbocycles. The number of morpholine rings is 1. The molecule has 4 rings (SSSR count). The van der Waals surface area contributed by atoms with Crippen molar-refractivity contribution in [1.82, 2.24) is 10.2 Å². The van der Waals surface area contributed by atoms with Gasteiger partial charge < -0.3 is 24.4 Å². The Kier molecular flexibility index (Phi) is 7.74. The number of carbonyl (C=O) groups is 2. The minimum absolute atomic E-state index is 0.00181. The van der Waals surface area contributed by atoms with Crippen molar-refractivity contribution in [2.75, 3.05) is 64.3 Å². The van der Waals surface area contributed by atoms with Crippen LogP contribution in [0, 0.1) is 0 Å². The van der Waals surface area contributed by atoms with E-state index in [1.54, 1.807) is 19.1 Å². The molecule has 9 heteroatoms. The Bertz CT molecular complexity index is 996. The fourth-order valence-corrected chi connectivity index (χ4v) is 5.08. The molecule has 33 heavy (non-hydrogen) atoms. The second kappa shape index (κ2) is 10.9. The van der Waals surface area contributed by atoms with Crippen LogP contribution in [0.4, 0.5) is 5.69 Å². The van der Waals surface area contributed by atoms with Crippen molar-refractivity contribution in [1.29, 1.82) is 0 Å². The van der Waals surface area contributed by atoms with E-state index < -0.39 is 0 Å². The lowest BCUT2D eigenvalue weighted by Crippen LogP contribution is -2.47. The normalized spacial score (nSPS) is 17.3. The highest BCUT2D eigenvalue weighted by atomic mass is 32.2. The maximum atomic E-state index is 12.9. The van der Waals surface area contributed by atoms with E-state index in [2.05, 4.69) is 10.2 Å². The van der Waals surface area contributed by atoms with Crippen molar-refractivity contribution in [2.24, 2.45) is 0 Å². The van der Waals surface area contributed by atoms with E-state index >= 15 is 0 Å². The summed E-state index contributed by atoms with van der Waals surface area (Å²) in [5.74, 6) is 1.40. The number of benzene rings is 2. The van der Waals surface area contributed by atoms with Crippen LogP contribution < -0.4 is 19.7 Å². The number of anilines is 1. The first kappa shape index (κ1) is 23.4. The summed E-state index contributed by atoms with van der Waals surface area (Å²) in [7, 11) is 3.22. The molecule has 0 bridgehead atoms. The average molecular weight is 472 g/mol. The Morgan fingerprint density at radius 2 is 1.88 bits per heavy atom. The summed E-state index contributed by atoms with van der Waals surface area (Å²) < 4.78 is 16.4. The summed E-state index contributed by atoms with van der Waals surface area (Å²) in [6.07, 6.45) is 0. The first-order valence-corrected chi connectivity index (χ1v) is 11.9. The van der Waals surface area contributed by atoms with Gasteiger partial charge in [0.15, 0.2) is 11.5 Å². The molecule has 2 aliphatic rings. The molecule has 176 valence electrons. The lowest BCUT2D eigenvalue weighted by atomic mass is 10.0. The number of hydrogen-bond donors (Lipinski definition) is 1. The number of amides is 2. The number of nitrogens with one attached hydrogen (secondary N) is 1. The van der Waals surface area contributed by atoms with Crippen LogP contribution in [0.15, 0.2) is 47.4 Å². The van der Waals surface area contributed by atoms with Gasteiger partial charge in [-0.25, -0.2) is 0 Å². The highest BCUT2D eigenvalue weighted by Crippen LogP contribution is 2.35. The Morgan fingerprint density at radius 3 is 2.64 bits per heavy atom. The smallest absolute Gasteiger partial charge is 0.240 e. The topological polar surface area (TPSA) is 80.3 Å². The quantitative estimate of drug-likeness (QED) is 0.633. The van der Waals surface area contributed by atoms with Gasteiger partial charge in [0.1, 0.15) is 6.54 Å². The molecule has 0 saturated carbocycles. The molecule has 2 aliphatic heterocycles. The van der Waals surface area contributed by atoms with Gasteiger partial charge in [0.2, 0.25) is 11.8 Å². The molecule has 1 saturated heterocycles. The van der Waals surface area contributed by atoms with Crippen molar-refractivity contribution < 1.29 is 23.8 Å². The third kappa shape index (κ3) is 5.43. The lowest BCUT2D eigenvalue weighted by Gasteiger charge is -2.35. The number of ether oxygens (including phenoxy) is 3. The summed E-state index contributed by atoms with van der Waals surface area (Å²) in [4.78, 5) is 30.3. The molecule has 2 heterocycles. The second-order valence-electron chi connectivity index (χ2n) is 7.82. The molecule has 1 fully saturated rings. The number of methoxy groups -OCH3 is 2. The zero-order valence-electron chi connectivity index (χ0n) is 18.9. The van der Waals surface area contributed by atoms with Gasteiger partial charge in [-0.15, -0.1) is 11.8 Å². The van der Waals surface area contributed by atoms with Crippen LogP contribution in [0.2, 0.25) is 0 Å². The molecule has 1 atom stereocenters. The summed E-state index contributed by atoms with van der Waals surface area (Å²) in [5.41, 5.74) is 1.81. The average Bonchev–Trinajstić information content (AvgIpc) is 2.86. The number of para-hydroxylation sites is 1. The standard InChI is InChI=1S/C24H29N3O5S/c1-30-20-8-7-17(13-21(20)31-2)19(26-9-11-32-12-10-26)14-25-23(28)15-27-18-5-3-4-6-22(18)33-16-24(27)29/h3-8,13,19H,9-12,14-16H2,1-2H3,(H,25,28). The molecule has 0 radical (unpaired) electrons. The molecule has 1 N–H and O–H groups in total. The van der Waals surface area contributed by atoms with Gasteiger partial charge >= 0.3 is 0 Å². The summed E-state index contributed by atoms with van der Waals surface area (Å²) in [6, 6.07) is 13.4. The first-order chi connectivity index (χ1) is 16.1. The number of fused-ring (bicyclic) bond motifs is 1. The fraction of sp³-hybridized carbons (Fsp3) is 0.417. The highest BCUT2D eigenvalue weighted by Gasteiger charge is 2.28. The van der Waals surface area contributed by atoms with E-state index in [0.29, 0.717) is 37.0 Å². The second-order valence-corrected chi connectivity index (χ2v) is 8.84. The van der Waals surface area contributed by atoms with Gasteiger partial charge in [0, 0.05) is 24.5 Å². The lowest BCUT2D eigenvalue weighted by molar-refractivity contribution is -0.123. The summed E-state index contributed by atoms with van der Waals surface area (Å²) in [5, 5.41) is 3.05. The van der Waals surface area contributed by atoms with Crippen molar-refractivity contribution in [3.8, 4) is 11.5 Å². The van der Waals surface area contributed by atoms with Crippen LogP contribution in [0.1, 0.15) is 11.6 Å². The zero-order valence-corrected chi connectivity index (χ0v) is 19.7. The SMILES string of the molecule is COc1ccc(C(CNC(=O)CN2C(=O)CSc3ccccc32)N2CCOCC2)cc1OC. The monoisotopic (exact) mass is 471 g/mol. The molecule has 8 nitrogen and oxygen atoms in total. The molecular weight excluding hydrogens is 442 g/mol. The third-order valence-electron chi connectivity index (χ3n) is 5.88. The van der Waals surface area contributed by atoms with Crippen LogP contribution in [-0.2, 0) is 14.3 Å². The predicted octanol–water partition coefficient (Wildman–Crippen LogP) is 2.33. The zero-order chi connectivity index (χ0) is 23.2. The van der Waals surface area contributed by atoms with Crippen molar-refractivity contribution in [2.45, 2.75) is 10.9 Å². The van der Waals surface area contributed by atoms with Gasteiger partial charge in [0.25, 0.3) is 0 Å². The van der Waals surface area contributed by atoms with Gasteiger partial charge in [-0.2, -0.15) is 0 Å². The molecule has 0 spiro atoms. The van der Waals surface area contributed by atoms with E-state index in [9.17, 15) is 9.59 Å². The van der Waals surface area contributed by atoms with E-state index in [1.807, 2.05) is 42.5 Å². The van der Waals surface area contributed by atoms with Crippen LogP contribution in [0.3, 0.4) is 0 Å². The molecule has 2 aromatic carbocycles. The Morgan fingerprint density at radius 1 is 1.12 bits per heavy atom. The number of thioether (sulfide) groups is 1. The minimum atomic E-state index is -0.191. The van der Waals surface area contributed by atoms with Crippen LogP contribution in [0.25, 0.3) is 0 Å². The number of nitrogens with zero attached hydrogens (tertiary/aromatic N) is 2. The molecular formula is C24H29N3O5S. The third-order valence-corrected chi connectivity index (χ3v) is 6.93. The largest absolute Gasteiger partial charge is 0.493 e. The van der Waals surface area contributed by atoms with Crippen molar-refractivity contribution in [3.05, 3.63) is 48.0 Å². The molecule has 2 aromatic rings. The van der Waals surface area contributed by atoms with Gasteiger partial charge in [-0.1, -0.05) is 18.2 Å². The maximum Gasteiger partial charge on any atom is 0.240 e.